The monoisotopic (exact) mass is 344 g/mol. The molecule has 2 N–H and O–H groups in total. The first-order valence-electron chi connectivity index (χ1n) is 8.53. The second kappa shape index (κ2) is 8.78. The van der Waals surface area contributed by atoms with Crippen LogP contribution in [0.15, 0.2) is 42.7 Å². The molecule has 1 aliphatic rings. The molecule has 6 heteroatoms. The van der Waals surface area contributed by atoms with Gasteiger partial charge in [-0.2, -0.15) is 16.9 Å². The van der Waals surface area contributed by atoms with E-state index in [0.717, 1.165) is 22.3 Å². The maximum atomic E-state index is 12.1. The zero-order valence-corrected chi connectivity index (χ0v) is 14.6. The Morgan fingerprint density at radius 3 is 2.88 bits per heavy atom. The first-order valence-corrected chi connectivity index (χ1v) is 9.58. The Hall–Kier alpha value is -1.95. The van der Waals surface area contributed by atoms with Crippen LogP contribution in [0.1, 0.15) is 31.2 Å². The summed E-state index contributed by atoms with van der Waals surface area (Å²) in [6.07, 6.45) is 9.05. The number of benzene rings is 1. The summed E-state index contributed by atoms with van der Waals surface area (Å²) in [7, 11) is 0. The minimum atomic E-state index is -0.144. The highest BCUT2D eigenvalue weighted by atomic mass is 32.2. The van der Waals surface area contributed by atoms with E-state index in [1.54, 1.807) is 6.20 Å². The lowest BCUT2D eigenvalue weighted by atomic mass is 10.2. The molecule has 5 nitrogen and oxygen atoms in total. The van der Waals surface area contributed by atoms with Gasteiger partial charge in [-0.05, 0) is 30.5 Å². The second-order valence-electron chi connectivity index (χ2n) is 6.02. The number of amides is 2. The molecular weight excluding hydrogens is 320 g/mol. The van der Waals surface area contributed by atoms with Gasteiger partial charge >= 0.3 is 6.03 Å². The van der Waals surface area contributed by atoms with Gasteiger partial charge in [0, 0.05) is 35.6 Å². The van der Waals surface area contributed by atoms with Crippen molar-refractivity contribution in [2.75, 3.05) is 17.6 Å². The molecule has 0 radical (unpaired) electrons. The molecule has 0 saturated heterocycles. The van der Waals surface area contributed by atoms with Crippen LogP contribution in [0.2, 0.25) is 0 Å². The molecule has 1 aromatic carbocycles. The van der Waals surface area contributed by atoms with Crippen molar-refractivity contribution in [3.8, 4) is 0 Å². The lowest BCUT2D eigenvalue weighted by molar-refractivity contribution is 0.252. The average molecular weight is 344 g/mol. The molecular formula is C18H24N4OS. The van der Waals surface area contributed by atoms with Crippen LogP contribution in [-0.2, 0) is 6.54 Å². The van der Waals surface area contributed by atoms with E-state index >= 15 is 0 Å². The van der Waals surface area contributed by atoms with E-state index in [9.17, 15) is 4.79 Å². The molecule has 3 rings (SSSR count). The number of thioether (sulfide) groups is 1. The highest BCUT2D eigenvalue weighted by Crippen LogP contribution is 2.28. The zero-order valence-electron chi connectivity index (χ0n) is 13.8. The van der Waals surface area contributed by atoms with E-state index in [1.807, 2.05) is 53.0 Å². The van der Waals surface area contributed by atoms with E-state index in [1.165, 1.54) is 25.7 Å². The van der Waals surface area contributed by atoms with Crippen molar-refractivity contribution in [2.45, 2.75) is 37.5 Å². The Morgan fingerprint density at radius 1 is 1.25 bits per heavy atom. The van der Waals surface area contributed by atoms with Crippen molar-refractivity contribution in [3.05, 3.63) is 48.3 Å². The number of aromatic nitrogens is 2. The normalized spacial score (nSPS) is 14.7. The van der Waals surface area contributed by atoms with Crippen LogP contribution >= 0.6 is 11.8 Å². The van der Waals surface area contributed by atoms with E-state index in [0.29, 0.717) is 13.1 Å². The highest BCUT2D eigenvalue weighted by Gasteiger charge is 2.14. The molecule has 128 valence electrons. The number of urea groups is 1. The van der Waals surface area contributed by atoms with E-state index in [-0.39, 0.29) is 6.03 Å². The van der Waals surface area contributed by atoms with Gasteiger partial charge in [-0.1, -0.05) is 31.0 Å². The van der Waals surface area contributed by atoms with Crippen molar-refractivity contribution in [3.63, 3.8) is 0 Å². The number of hydrogen-bond donors (Lipinski definition) is 2. The van der Waals surface area contributed by atoms with Gasteiger partial charge in [0.15, 0.2) is 0 Å². The maximum absolute atomic E-state index is 12.1. The lowest BCUT2D eigenvalue weighted by Crippen LogP contribution is -2.31. The van der Waals surface area contributed by atoms with Crippen LogP contribution in [0.4, 0.5) is 10.5 Å². The fraction of sp³-hybridized carbons (Fsp3) is 0.444. The molecule has 1 fully saturated rings. The first-order chi connectivity index (χ1) is 11.8. The lowest BCUT2D eigenvalue weighted by Gasteiger charge is -2.13. The van der Waals surface area contributed by atoms with Gasteiger partial charge in [0.05, 0.1) is 6.54 Å². The summed E-state index contributed by atoms with van der Waals surface area (Å²) in [4.78, 5) is 12.1. The molecule has 24 heavy (non-hydrogen) atoms. The predicted molar refractivity (Wildman–Crippen MR) is 99.5 cm³/mol. The number of carbonyl (C=O) groups is 1. The minimum Gasteiger partial charge on any atom is -0.337 e. The predicted octanol–water partition coefficient (Wildman–Crippen LogP) is 3.73. The topological polar surface area (TPSA) is 59.0 Å². The molecule has 1 saturated carbocycles. The summed E-state index contributed by atoms with van der Waals surface area (Å²) in [5.41, 5.74) is 1.87. The van der Waals surface area contributed by atoms with Crippen molar-refractivity contribution in [2.24, 2.45) is 0 Å². The largest absolute Gasteiger partial charge is 0.337 e. The van der Waals surface area contributed by atoms with Gasteiger partial charge in [-0.25, -0.2) is 4.79 Å². The number of para-hydroxylation sites is 1. The Labute approximate surface area is 147 Å². The van der Waals surface area contributed by atoms with Crippen molar-refractivity contribution in [1.29, 1.82) is 0 Å². The Balaban J connectivity index is 1.45. The molecule has 2 aromatic rings. The number of carbonyl (C=O) groups excluding carboxylic acids is 1. The molecule has 0 aliphatic heterocycles. The van der Waals surface area contributed by atoms with Crippen LogP contribution in [0.3, 0.4) is 0 Å². The van der Waals surface area contributed by atoms with Crippen LogP contribution in [-0.4, -0.2) is 33.4 Å². The van der Waals surface area contributed by atoms with Gasteiger partial charge in [0.2, 0.25) is 0 Å². The summed E-state index contributed by atoms with van der Waals surface area (Å²) in [5, 5.41) is 10.9. The number of rotatable bonds is 7. The molecule has 1 aromatic heterocycles. The Kier molecular flexibility index (Phi) is 6.18. The van der Waals surface area contributed by atoms with Crippen molar-refractivity contribution in [1.82, 2.24) is 15.1 Å². The van der Waals surface area contributed by atoms with E-state index < -0.39 is 0 Å². The molecule has 1 heterocycles. The van der Waals surface area contributed by atoms with Crippen LogP contribution in [0.25, 0.3) is 0 Å². The molecule has 0 spiro atoms. The summed E-state index contributed by atoms with van der Waals surface area (Å²) in [6.45, 7) is 1.34. The second-order valence-corrected chi connectivity index (χ2v) is 7.43. The molecule has 1 aliphatic carbocycles. The summed E-state index contributed by atoms with van der Waals surface area (Å²) < 4.78 is 1.84. The van der Waals surface area contributed by atoms with E-state index in [4.69, 9.17) is 0 Å². The van der Waals surface area contributed by atoms with Gasteiger partial charge < -0.3 is 10.6 Å². The smallest absolute Gasteiger partial charge is 0.319 e. The van der Waals surface area contributed by atoms with Crippen LogP contribution in [0.5, 0.6) is 0 Å². The number of anilines is 1. The van der Waals surface area contributed by atoms with Gasteiger partial charge in [-0.3, -0.25) is 4.68 Å². The fourth-order valence-electron chi connectivity index (χ4n) is 2.96. The van der Waals surface area contributed by atoms with Crippen LogP contribution < -0.4 is 10.6 Å². The minimum absolute atomic E-state index is 0.144. The third-order valence-electron chi connectivity index (χ3n) is 4.20. The van der Waals surface area contributed by atoms with Gasteiger partial charge in [-0.15, -0.1) is 0 Å². The SMILES string of the molecule is O=C(NCCSC1CCCC1)Nc1ccccc1Cn1cccn1. The molecule has 0 atom stereocenters. The van der Waals surface area contributed by atoms with E-state index in [2.05, 4.69) is 15.7 Å². The molecule has 2 amide bonds. The third kappa shape index (κ3) is 5.03. The summed E-state index contributed by atoms with van der Waals surface area (Å²) in [6, 6.07) is 9.58. The van der Waals surface area contributed by atoms with Crippen molar-refractivity contribution >= 4 is 23.5 Å². The summed E-state index contributed by atoms with van der Waals surface area (Å²) >= 11 is 1.98. The zero-order chi connectivity index (χ0) is 16.6. The maximum Gasteiger partial charge on any atom is 0.319 e. The standard InChI is InChI=1S/C18H24N4OS/c23-18(19-11-13-24-16-7-2-3-8-16)21-17-9-4-1-6-15(17)14-22-12-5-10-20-22/h1,4-6,9-10,12,16H,2-3,7-8,11,13-14H2,(H2,19,21,23). The Bertz CT molecular complexity index is 638. The number of nitrogens with zero attached hydrogens (tertiary/aromatic N) is 2. The molecule has 0 bridgehead atoms. The van der Waals surface area contributed by atoms with Crippen LogP contribution in [0, 0.1) is 0 Å². The van der Waals surface area contributed by atoms with Gasteiger partial charge in [0.25, 0.3) is 0 Å². The number of nitrogens with one attached hydrogen (secondary N) is 2. The molecule has 0 unspecified atom stereocenters. The number of hydrogen-bond acceptors (Lipinski definition) is 3. The van der Waals surface area contributed by atoms with Gasteiger partial charge in [0.1, 0.15) is 0 Å². The highest BCUT2D eigenvalue weighted by molar-refractivity contribution is 7.99. The first kappa shape index (κ1) is 16.9. The average Bonchev–Trinajstić information content (AvgIpc) is 3.27. The fourth-order valence-corrected chi connectivity index (χ4v) is 4.18. The van der Waals surface area contributed by atoms with Crippen molar-refractivity contribution < 1.29 is 4.79 Å². The summed E-state index contributed by atoms with van der Waals surface area (Å²) in [5.74, 6) is 0.979. The quantitative estimate of drug-likeness (QED) is 0.753. The third-order valence-corrected chi connectivity index (χ3v) is 5.58. The Morgan fingerprint density at radius 2 is 2.08 bits per heavy atom.